The number of hydrogen-bond donors (Lipinski definition) is 1. The van der Waals surface area contributed by atoms with Crippen LogP contribution in [-0.2, 0) is 20.7 Å². The van der Waals surface area contributed by atoms with E-state index in [0.717, 1.165) is 11.1 Å². The van der Waals surface area contributed by atoms with Gasteiger partial charge in [-0.25, -0.2) is 4.79 Å². The molecule has 0 aliphatic rings. The average molecular weight is 309 g/mol. The summed E-state index contributed by atoms with van der Waals surface area (Å²) in [5.41, 5.74) is 1.87. The zero-order chi connectivity index (χ0) is 16.5. The van der Waals surface area contributed by atoms with Gasteiger partial charge in [-0.1, -0.05) is 60.7 Å². The first-order valence-corrected chi connectivity index (χ1v) is 7.34. The Bertz CT molecular complexity index is 666. The SMILES string of the molecule is COC(=O)C(Cc1ccccc1)NC(=O)/C=C/c1ccccc1. The molecule has 0 aliphatic carbocycles. The van der Waals surface area contributed by atoms with Crippen molar-refractivity contribution in [2.75, 3.05) is 7.11 Å². The van der Waals surface area contributed by atoms with Gasteiger partial charge in [0.2, 0.25) is 5.91 Å². The van der Waals surface area contributed by atoms with Gasteiger partial charge in [-0.2, -0.15) is 0 Å². The quantitative estimate of drug-likeness (QED) is 0.659. The van der Waals surface area contributed by atoms with Crippen LogP contribution in [0, 0.1) is 0 Å². The monoisotopic (exact) mass is 309 g/mol. The minimum atomic E-state index is -0.713. The van der Waals surface area contributed by atoms with Gasteiger partial charge >= 0.3 is 5.97 Å². The second-order valence-corrected chi connectivity index (χ2v) is 5.02. The van der Waals surface area contributed by atoms with E-state index >= 15 is 0 Å². The Labute approximate surface area is 135 Å². The minimum Gasteiger partial charge on any atom is -0.467 e. The van der Waals surface area contributed by atoms with E-state index in [0.29, 0.717) is 6.42 Å². The third-order valence-corrected chi connectivity index (χ3v) is 3.31. The highest BCUT2D eigenvalue weighted by molar-refractivity contribution is 5.94. The molecule has 1 unspecified atom stereocenters. The molecule has 2 rings (SSSR count). The number of carbonyl (C=O) groups is 2. The van der Waals surface area contributed by atoms with Gasteiger partial charge in [0.1, 0.15) is 6.04 Å². The molecule has 0 bridgehead atoms. The van der Waals surface area contributed by atoms with Gasteiger partial charge in [-0.15, -0.1) is 0 Å². The minimum absolute atomic E-state index is 0.333. The lowest BCUT2D eigenvalue weighted by Crippen LogP contribution is -2.42. The van der Waals surface area contributed by atoms with Crippen LogP contribution in [0.25, 0.3) is 6.08 Å². The molecule has 0 spiro atoms. The Morgan fingerprint density at radius 1 is 1.04 bits per heavy atom. The Morgan fingerprint density at radius 2 is 1.65 bits per heavy atom. The van der Waals surface area contributed by atoms with Gasteiger partial charge in [0.25, 0.3) is 0 Å². The van der Waals surface area contributed by atoms with Crippen LogP contribution in [0.4, 0.5) is 0 Å². The van der Waals surface area contributed by atoms with Crippen molar-refractivity contribution < 1.29 is 14.3 Å². The van der Waals surface area contributed by atoms with E-state index in [1.165, 1.54) is 13.2 Å². The third kappa shape index (κ3) is 5.43. The largest absolute Gasteiger partial charge is 0.467 e. The van der Waals surface area contributed by atoms with Crippen molar-refractivity contribution in [2.45, 2.75) is 12.5 Å². The van der Waals surface area contributed by atoms with Crippen molar-refractivity contribution in [3.8, 4) is 0 Å². The molecule has 1 atom stereocenters. The molecule has 2 aromatic rings. The number of carbonyl (C=O) groups excluding carboxylic acids is 2. The summed E-state index contributed by atoms with van der Waals surface area (Å²) in [5, 5.41) is 2.69. The average Bonchev–Trinajstić information content (AvgIpc) is 2.60. The predicted molar refractivity (Wildman–Crippen MR) is 89.6 cm³/mol. The maximum atomic E-state index is 12.0. The van der Waals surface area contributed by atoms with Crippen LogP contribution in [0.2, 0.25) is 0 Å². The van der Waals surface area contributed by atoms with Gasteiger partial charge < -0.3 is 10.1 Å². The van der Waals surface area contributed by atoms with E-state index in [1.54, 1.807) is 6.08 Å². The molecule has 0 saturated carbocycles. The van der Waals surface area contributed by atoms with Crippen LogP contribution in [0.5, 0.6) is 0 Å². The summed E-state index contributed by atoms with van der Waals surface area (Å²) in [4.78, 5) is 23.9. The number of methoxy groups -OCH3 is 1. The maximum Gasteiger partial charge on any atom is 0.328 e. The fourth-order valence-electron chi connectivity index (χ4n) is 2.14. The van der Waals surface area contributed by atoms with Gasteiger partial charge in [-0.3, -0.25) is 4.79 Å². The van der Waals surface area contributed by atoms with Crippen LogP contribution < -0.4 is 5.32 Å². The molecule has 0 aliphatic heterocycles. The number of rotatable bonds is 6. The molecule has 23 heavy (non-hydrogen) atoms. The summed E-state index contributed by atoms with van der Waals surface area (Å²) in [6.07, 6.45) is 3.50. The molecule has 1 amide bonds. The summed E-state index contributed by atoms with van der Waals surface area (Å²) in [5.74, 6) is -0.796. The standard InChI is InChI=1S/C19H19NO3/c1-23-19(22)17(14-16-10-6-3-7-11-16)20-18(21)13-12-15-8-4-2-5-9-15/h2-13,17H,14H2,1H3,(H,20,21)/b13-12+. The molecule has 0 heterocycles. The predicted octanol–water partition coefficient (Wildman–Crippen LogP) is 2.60. The molecule has 0 radical (unpaired) electrons. The third-order valence-electron chi connectivity index (χ3n) is 3.31. The zero-order valence-corrected chi connectivity index (χ0v) is 12.9. The van der Waals surface area contributed by atoms with E-state index in [4.69, 9.17) is 4.74 Å². The fourth-order valence-corrected chi connectivity index (χ4v) is 2.14. The molecular weight excluding hydrogens is 290 g/mol. The van der Waals surface area contributed by atoms with Gasteiger partial charge in [0.05, 0.1) is 7.11 Å². The Morgan fingerprint density at radius 3 is 2.26 bits per heavy atom. The maximum absolute atomic E-state index is 12.0. The normalized spacial score (nSPS) is 11.9. The topological polar surface area (TPSA) is 55.4 Å². The van der Waals surface area contributed by atoms with Crippen molar-refractivity contribution in [3.05, 3.63) is 77.9 Å². The summed E-state index contributed by atoms with van der Waals surface area (Å²) in [6, 6.07) is 18.3. The molecule has 0 aromatic heterocycles. The van der Waals surface area contributed by atoms with E-state index < -0.39 is 12.0 Å². The molecule has 4 heteroatoms. The van der Waals surface area contributed by atoms with Gasteiger partial charge in [0, 0.05) is 12.5 Å². The highest BCUT2D eigenvalue weighted by atomic mass is 16.5. The summed E-state index contributed by atoms with van der Waals surface area (Å²) in [7, 11) is 1.31. The van der Waals surface area contributed by atoms with Crippen LogP contribution in [0.15, 0.2) is 66.7 Å². The summed E-state index contributed by atoms with van der Waals surface area (Å²) >= 11 is 0. The number of esters is 1. The number of ether oxygens (including phenoxy) is 1. The zero-order valence-electron chi connectivity index (χ0n) is 12.9. The van der Waals surface area contributed by atoms with Crippen LogP contribution in [-0.4, -0.2) is 25.0 Å². The van der Waals surface area contributed by atoms with Gasteiger partial charge in [-0.05, 0) is 17.2 Å². The van der Waals surface area contributed by atoms with Crippen molar-refractivity contribution in [1.82, 2.24) is 5.32 Å². The fraction of sp³-hybridized carbons (Fsp3) is 0.158. The summed E-state index contributed by atoms with van der Waals surface area (Å²) < 4.78 is 4.77. The number of hydrogen-bond acceptors (Lipinski definition) is 3. The van der Waals surface area contributed by atoms with Crippen molar-refractivity contribution in [2.24, 2.45) is 0 Å². The smallest absolute Gasteiger partial charge is 0.328 e. The Kier molecular flexibility index (Phi) is 6.12. The number of nitrogens with one attached hydrogen (secondary N) is 1. The van der Waals surface area contributed by atoms with Crippen molar-refractivity contribution >= 4 is 18.0 Å². The molecule has 1 N–H and O–H groups in total. The summed E-state index contributed by atoms with van der Waals surface area (Å²) in [6.45, 7) is 0. The molecule has 4 nitrogen and oxygen atoms in total. The van der Waals surface area contributed by atoms with E-state index in [9.17, 15) is 9.59 Å². The van der Waals surface area contributed by atoms with Crippen LogP contribution >= 0.6 is 0 Å². The van der Waals surface area contributed by atoms with Crippen LogP contribution in [0.3, 0.4) is 0 Å². The molecule has 0 fully saturated rings. The highest BCUT2D eigenvalue weighted by Crippen LogP contribution is 2.05. The van der Waals surface area contributed by atoms with Crippen molar-refractivity contribution in [3.63, 3.8) is 0 Å². The lowest BCUT2D eigenvalue weighted by molar-refractivity contribution is -0.144. The first-order valence-electron chi connectivity index (χ1n) is 7.34. The second kappa shape index (κ2) is 8.54. The van der Waals surface area contributed by atoms with E-state index in [-0.39, 0.29) is 5.91 Å². The molecular formula is C19H19NO3. The molecule has 0 saturated heterocycles. The van der Waals surface area contributed by atoms with Gasteiger partial charge in [0.15, 0.2) is 0 Å². The first-order chi connectivity index (χ1) is 11.2. The number of amides is 1. The molecule has 2 aromatic carbocycles. The van der Waals surface area contributed by atoms with E-state index in [1.807, 2.05) is 60.7 Å². The Balaban J connectivity index is 2.01. The highest BCUT2D eigenvalue weighted by Gasteiger charge is 2.20. The second-order valence-electron chi connectivity index (χ2n) is 5.02. The van der Waals surface area contributed by atoms with Crippen LogP contribution in [0.1, 0.15) is 11.1 Å². The molecule has 118 valence electrons. The number of benzene rings is 2. The van der Waals surface area contributed by atoms with E-state index in [2.05, 4.69) is 5.32 Å². The Hall–Kier alpha value is -2.88. The lowest BCUT2D eigenvalue weighted by Gasteiger charge is -2.15. The van der Waals surface area contributed by atoms with Crippen molar-refractivity contribution in [1.29, 1.82) is 0 Å². The lowest BCUT2D eigenvalue weighted by atomic mass is 10.1. The first kappa shape index (κ1) is 16.5.